The second-order valence-electron chi connectivity index (χ2n) is 3.28. The van der Waals surface area contributed by atoms with Crippen LogP contribution >= 0.6 is 22.9 Å². The number of carbonyl (C=O) groups is 1. The van der Waals surface area contributed by atoms with E-state index >= 15 is 0 Å². The predicted octanol–water partition coefficient (Wildman–Crippen LogP) is 3.36. The van der Waals surface area contributed by atoms with Crippen molar-refractivity contribution in [1.82, 2.24) is 4.98 Å². The summed E-state index contributed by atoms with van der Waals surface area (Å²) in [6.07, 6.45) is 1.71. The van der Waals surface area contributed by atoms with Gasteiger partial charge in [0, 0.05) is 6.20 Å². The van der Waals surface area contributed by atoms with Gasteiger partial charge in [-0.05, 0) is 30.7 Å². The van der Waals surface area contributed by atoms with Crippen LogP contribution in [-0.4, -0.2) is 10.9 Å². The number of anilines is 1. The molecule has 0 atom stereocenters. The van der Waals surface area contributed by atoms with Crippen LogP contribution in [0, 0.1) is 6.92 Å². The van der Waals surface area contributed by atoms with E-state index in [4.69, 9.17) is 11.6 Å². The van der Waals surface area contributed by atoms with E-state index in [-0.39, 0.29) is 5.91 Å². The monoisotopic (exact) mass is 252 g/mol. The van der Waals surface area contributed by atoms with Crippen molar-refractivity contribution in [2.75, 3.05) is 5.32 Å². The Hall–Kier alpha value is -1.39. The summed E-state index contributed by atoms with van der Waals surface area (Å²) in [4.78, 5) is 16.4. The lowest BCUT2D eigenvalue weighted by molar-refractivity contribution is 0.103. The van der Waals surface area contributed by atoms with Crippen molar-refractivity contribution >= 4 is 34.7 Å². The molecule has 82 valence electrons. The van der Waals surface area contributed by atoms with Gasteiger partial charge in [-0.25, -0.2) is 4.98 Å². The molecule has 0 saturated heterocycles. The number of thiophene rings is 1. The molecular formula is C11H9ClN2OS. The van der Waals surface area contributed by atoms with Crippen molar-refractivity contribution in [1.29, 1.82) is 0 Å². The van der Waals surface area contributed by atoms with E-state index in [0.29, 0.717) is 15.0 Å². The number of nitrogens with one attached hydrogen (secondary N) is 1. The molecule has 0 radical (unpaired) electrons. The molecule has 2 heterocycles. The fraction of sp³-hybridized carbons (Fsp3) is 0.0909. The summed E-state index contributed by atoms with van der Waals surface area (Å²) in [7, 11) is 0. The third kappa shape index (κ3) is 2.59. The van der Waals surface area contributed by atoms with E-state index in [0.717, 1.165) is 5.56 Å². The van der Waals surface area contributed by atoms with Crippen LogP contribution in [0.3, 0.4) is 0 Å². The highest BCUT2D eigenvalue weighted by molar-refractivity contribution is 7.18. The summed E-state index contributed by atoms with van der Waals surface area (Å²) in [6, 6.07) is 7.05. The molecule has 1 N–H and O–H groups in total. The van der Waals surface area contributed by atoms with Crippen molar-refractivity contribution in [3.05, 3.63) is 45.2 Å². The third-order valence-corrected chi connectivity index (χ3v) is 3.18. The number of hydrogen-bond donors (Lipinski definition) is 1. The van der Waals surface area contributed by atoms with E-state index in [9.17, 15) is 4.79 Å². The SMILES string of the molecule is Cc1ccc(NC(=O)c2ccc(Cl)s2)nc1. The normalized spacial score (nSPS) is 10.1. The Morgan fingerprint density at radius 3 is 2.75 bits per heavy atom. The van der Waals surface area contributed by atoms with Gasteiger partial charge in [0.05, 0.1) is 9.21 Å². The lowest BCUT2D eigenvalue weighted by Gasteiger charge is -2.02. The molecule has 0 unspecified atom stereocenters. The van der Waals surface area contributed by atoms with Gasteiger partial charge in [0.15, 0.2) is 0 Å². The molecule has 2 aromatic rings. The van der Waals surface area contributed by atoms with Gasteiger partial charge >= 0.3 is 0 Å². The van der Waals surface area contributed by atoms with E-state index in [2.05, 4.69) is 10.3 Å². The van der Waals surface area contributed by atoms with Crippen LogP contribution in [0.4, 0.5) is 5.82 Å². The minimum atomic E-state index is -0.187. The topological polar surface area (TPSA) is 42.0 Å². The number of aryl methyl sites for hydroxylation is 1. The van der Waals surface area contributed by atoms with Crippen molar-refractivity contribution in [3.8, 4) is 0 Å². The van der Waals surface area contributed by atoms with Crippen LogP contribution in [0.5, 0.6) is 0 Å². The van der Waals surface area contributed by atoms with Crippen molar-refractivity contribution < 1.29 is 4.79 Å². The van der Waals surface area contributed by atoms with E-state index in [1.54, 1.807) is 24.4 Å². The van der Waals surface area contributed by atoms with Crippen LogP contribution < -0.4 is 5.32 Å². The van der Waals surface area contributed by atoms with Crippen LogP contribution in [0.25, 0.3) is 0 Å². The molecular weight excluding hydrogens is 244 g/mol. The number of carbonyl (C=O) groups excluding carboxylic acids is 1. The van der Waals surface area contributed by atoms with Crippen LogP contribution in [0.2, 0.25) is 4.34 Å². The Morgan fingerprint density at radius 1 is 1.38 bits per heavy atom. The molecule has 2 rings (SSSR count). The highest BCUT2D eigenvalue weighted by atomic mass is 35.5. The second kappa shape index (κ2) is 4.63. The first-order valence-electron chi connectivity index (χ1n) is 4.64. The molecule has 0 fully saturated rings. The fourth-order valence-corrected chi connectivity index (χ4v) is 2.09. The number of rotatable bonds is 2. The molecule has 0 spiro atoms. The van der Waals surface area contributed by atoms with E-state index < -0.39 is 0 Å². The zero-order chi connectivity index (χ0) is 11.5. The molecule has 0 aromatic carbocycles. The standard InChI is InChI=1S/C11H9ClN2OS/c1-7-2-5-10(13-6-7)14-11(15)8-3-4-9(12)16-8/h2-6H,1H3,(H,13,14,15). The maximum atomic E-state index is 11.7. The Labute approximate surface area is 102 Å². The Bertz CT molecular complexity index is 507. The molecule has 16 heavy (non-hydrogen) atoms. The zero-order valence-corrected chi connectivity index (χ0v) is 10.1. The zero-order valence-electron chi connectivity index (χ0n) is 8.53. The molecule has 0 aliphatic carbocycles. The number of hydrogen-bond acceptors (Lipinski definition) is 3. The van der Waals surface area contributed by atoms with Gasteiger partial charge in [0.2, 0.25) is 0 Å². The van der Waals surface area contributed by atoms with Crippen molar-refractivity contribution in [2.24, 2.45) is 0 Å². The third-order valence-electron chi connectivity index (χ3n) is 1.95. The lowest BCUT2D eigenvalue weighted by atomic mass is 10.3. The summed E-state index contributed by atoms with van der Waals surface area (Å²) in [5, 5.41) is 2.70. The van der Waals surface area contributed by atoms with Gasteiger partial charge < -0.3 is 5.32 Å². The number of halogens is 1. The minimum Gasteiger partial charge on any atom is -0.306 e. The molecule has 0 aliphatic rings. The van der Waals surface area contributed by atoms with Crippen LogP contribution in [-0.2, 0) is 0 Å². The molecule has 0 bridgehead atoms. The molecule has 1 amide bonds. The fourth-order valence-electron chi connectivity index (χ4n) is 1.16. The highest BCUT2D eigenvalue weighted by Gasteiger charge is 2.08. The first-order valence-corrected chi connectivity index (χ1v) is 5.84. The summed E-state index contributed by atoms with van der Waals surface area (Å²) >= 11 is 6.99. The van der Waals surface area contributed by atoms with Gasteiger partial charge in [0.1, 0.15) is 5.82 Å². The molecule has 0 aliphatic heterocycles. The molecule has 5 heteroatoms. The van der Waals surface area contributed by atoms with E-state index in [1.165, 1.54) is 11.3 Å². The second-order valence-corrected chi connectivity index (χ2v) is 4.99. The Kier molecular flexibility index (Phi) is 3.22. The Morgan fingerprint density at radius 2 is 2.19 bits per heavy atom. The lowest BCUT2D eigenvalue weighted by Crippen LogP contribution is -2.11. The smallest absolute Gasteiger partial charge is 0.266 e. The largest absolute Gasteiger partial charge is 0.306 e. The Balaban J connectivity index is 2.10. The summed E-state index contributed by atoms with van der Waals surface area (Å²) in [6.45, 7) is 1.94. The highest BCUT2D eigenvalue weighted by Crippen LogP contribution is 2.22. The average molecular weight is 253 g/mol. The van der Waals surface area contributed by atoms with Gasteiger partial charge in [-0.15, -0.1) is 11.3 Å². The first-order chi connectivity index (χ1) is 7.65. The number of nitrogens with zero attached hydrogens (tertiary/aromatic N) is 1. The van der Waals surface area contributed by atoms with Gasteiger partial charge in [0.25, 0.3) is 5.91 Å². The minimum absolute atomic E-state index is 0.187. The average Bonchev–Trinajstić information content (AvgIpc) is 2.68. The maximum Gasteiger partial charge on any atom is 0.266 e. The quantitative estimate of drug-likeness (QED) is 0.891. The van der Waals surface area contributed by atoms with Gasteiger partial charge in [-0.2, -0.15) is 0 Å². The van der Waals surface area contributed by atoms with Crippen LogP contribution in [0.15, 0.2) is 30.5 Å². The maximum absolute atomic E-state index is 11.7. The molecule has 2 aromatic heterocycles. The van der Waals surface area contributed by atoms with Crippen molar-refractivity contribution in [3.63, 3.8) is 0 Å². The first kappa shape index (κ1) is 11.1. The van der Waals surface area contributed by atoms with E-state index in [1.807, 2.05) is 13.0 Å². The summed E-state index contributed by atoms with van der Waals surface area (Å²) in [5.41, 5.74) is 1.05. The van der Waals surface area contributed by atoms with Crippen molar-refractivity contribution in [2.45, 2.75) is 6.92 Å². The van der Waals surface area contributed by atoms with Gasteiger partial charge in [-0.1, -0.05) is 17.7 Å². The summed E-state index contributed by atoms with van der Waals surface area (Å²) < 4.78 is 0.599. The van der Waals surface area contributed by atoms with Crippen LogP contribution in [0.1, 0.15) is 15.2 Å². The number of pyridine rings is 1. The van der Waals surface area contributed by atoms with Gasteiger partial charge in [-0.3, -0.25) is 4.79 Å². The number of amides is 1. The summed E-state index contributed by atoms with van der Waals surface area (Å²) in [5.74, 6) is 0.355. The molecule has 3 nitrogen and oxygen atoms in total. The molecule has 0 saturated carbocycles. The predicted molar refractivity (Wildman–Crippen MR) is 66.3 cm³/mol. The number of aromatic nitrogens is 1.